The first-order chi connectivity index (χ1) is 5.25. The molecule has 1 spiro atoms. The van der Waals surface area contributed by atoms with E-state index >= 15 is 0 Å². The minimum Gasteiger partial charge on any atom is -0.465 e. The molecule has 1 aliphatic heterocycles. The van der Waals surface area contributed by atoms with Crippen molar-refractivity contribution in [2.24, 2.45) is 0 Å². The highest BCUT2D eigenvalue weighted by Gasteiger charge is 2.51. The molecule has 4 heteroatoms. The first-order valence-corrected chi connectivity index (χ1v) is 3.96. The summed E-state index contributed by atoms with van der Waals surface area (Å²) in [5.74, 6) is 0. The standard InChI is InChI=1S/C7H12N2O2/c10-6(11)9-4-3-8-5-7(9)1-2-7/h8H,1-5H2,(H,10,11). The summed E-state index contributed by atoms with van der Waals surface area (Å²) in [6.45, 7) is 2.29. The third-order valence-corrected chi connectivity index (χ3v) is 2.60. The molecule has 0 bridgehead atoms. The Hall–Kier alpha value is -0.770. The van der Waals surface area contributed by atoms with Crippen molar-refractivity contribution in [3.05, 3.63) is 0 Å². The number of carboxylic acid groups (broad SMARTS) is 1. The third-order valence-electron chi connectivity index (χ3n) is 2.60. The lowest BCUT2D eigenvalue weighted by molar-refractivity contribution is 0.104. The summed E-state index contributed by atoms with van der Waals surface area (Å²) in [6.07, 6.45) is 1.31. The number of nitrogens with one attached hydrogen (secondary N) is 1. The molecular weight excluding hydrogens is 144 g/mol. The van der Waals surface area contributed by atoms with Crippen LogP contribution in [0.1, 0.15) is 12.8 Å². The van der Waals surface area contributed by atoms with Crippen LogP contribution in [0, 0.1) is 0 Å². The maximum Gasteiger partial charge on any atom is 0.407 e. The van der Waals surface area contributed by atoms with Gasteiger partial charge < -0.3 is 15.3 Å². The fourth-order valence-corrected chi connectivity index (χ4v) is 1.73. The SMILES string of the molecule is O=C(O)N1CCNCC12CC2. The van der Waals surface area contributed by atoms with E-state index in [9.17, 15) is 4.79 Å². The molecule has 62 valence electrons. The quantitative estimate of drug-likeness (QED) is 0.523. The predicted molar refractivity (Wildman–Crippen MR) is 39.6 cm³/mol. The van der Waals surface area contributed by atoms with Crippen molar-refractivity contribution in [1.29, 1.82) is 0 Å². The summed E-state index contributed by atoms with van der Waals surface area (Å²) < 4.78 is 0. The summed E-state index contributed by atoms with van der Waals surface area (Å²) >= 11 is 0. The lowest BCUT2D eigenvalue weighted by atomic mass is 10.2. The van der Waals surface area contributed by atoms with E-state index in [1.54, 1.807) is 4.90 Å². The van der Waals surface area contributed by atoms with Gasteiger partial charge in [0.2, 0.25) is 0 Å². The van der Waals surface area contributed by atoms with Crippen molar-refractivity contribution in [1.82, 2.24) is 10.2 Å². The molecule has 11 heavy (non-hydrogen) atoms. The molecule has 0 radical (unpaired) electrons. The number of nitrogens with zero attached hydrogens (tertiary/aromatic N) is 1. The molecule has 0 atom stereocenters. The van der Waals surface area contributed by atoms with E-state index < -0.39 is 6.09 Å². The molecule has 0 aromatic rings. The van der Waals surface area contributed by atoms with E-state index in [-0.39, 0.29) is 5.54 Å². The van der Waals surface area contributed by atoms with Gasteiger partial charge in [-0.1, -0.05) is 0 Å². The van der Waals surface area contributed by atoms with Crippen molar-refractivity contribution in [2.45, 2.75) is 18.4 Å². The Labute approximate surface area is 65.2 Å². The maximum atomic E-state index is 10.7. The Kier molecular flexibility index (Phi) is 1.32. The van der Waals surface area contributed by atoms with Gasteiger partial charge in [0.15, 0.2) is 0 Å². The fraction of sp³-hybridized carbons (Fsp3) is 0.857. The van der Waals surface area contributed by atoms with Gasteiger partial charge in [0.05, 0.1) is 5.54 Å². The van der Waals surface area contributed by atoms with Crippen LogP contribution in [0.2, 0.25) is 0 Å². The topological polar surface area (TPSA) is 52.6 Å². The van der Waals surface area contributed by atoms with Crippen molar-refractivity contribution in [2.75, 3.05) is 19.6 Å². The molecule has 2 aliphatic rings. The number of rotatable bonds is 0. The van der Waals surface area contributed by atoms with Gasteiger partial charge in [-0.3, -0.25) is 0 Å². The number of piperazine rings is 1. The molecule has 1 saturated heterocycles. The van der Waals surface area contributed by atoms with Crippen molar-refractivity contribution in [3.8, 4) is 0 Å². The molecule has 4 nitrogen and oxygen atoms in total. The zero-order chi connectivity index (χ0) is 7.90. The summed E-state index contributed by atoms with van der Waals surface area (Å²) in [5.41, 5.74) is -0.00984. The number of hydrogen-bond donors (Lipinski definition) is 2. The summed E-state index contributed by atoms with van der Waals surface area (Å²) in [6, 6.07) is 0. The van der Waals surface area contributed by atoms with Crippen LogP contribution in [0.5, 0.6) is 0 Å². The highest BCUT2D eigenvalue weighted by molar-refractivity contribution is 5.67. The second-order valence-electron chi connectivity index (χ2n) is 3.34. The van der Waals surface area contributed by atoms with E-state index in [1.807, 2.05) is 0 Å². The molecule has 2 fully saturated rings. The van der Waals surface area contributed by atoms with E-state index in [1.165, 1.54) is 0 Å². The van der Waals surface area contributed by atoms with Gasteiger partial charge in [-0.2, -0.15) is 0 Å². The van der Waals surface area contributed by atoms with Gasteiger partial charge in [-0.25, -0.2) is 4.79 Å². The first-order valence-electron chi connectivity index (χ1n) is 3.96. The molecule has 1 heterocycles. The average Bonchev–Trinajstić information content (AvgIpc) is 2.70. The van der Waals surface area contributed by atoms with Crippen molar-refractivity contribution in [3.63, 3.8) is 0 Å². The monoisotopic (exact) mass is 156 g/mol. The zero-order valence-corrected chi connectivity index (χ0v) is 6.34. The smallest absolute Gasteiger partial charge is 0.407 e. The van der Waals surface area contributed by atoms with Crippen LogP contribution in [0.4, 0.5) is 4.79 Å². The molecule has 0 aromatic carbocycles. The van der Waals surface area contributed by atoms with Crippen molar-refractivity contribution >= 4 is 6.09 Å². The Morgan fingerprint density at radius 2 is 2.27 bits per heavy atom. The molecule has 1 saturated carbocycles. The lowest BCUT2D eigenvalue weighted by Gasteiger charge is -2.34. The van der Waals surface area contributed by atoms with E-state index in [0.717, 1.165) is 25.9 Å². The number of hydrogen-bond acceptors (Lipinski definition) is 2. The molecule has 2 rings (SSSR count). The van der Waals surface area contributed by atoms with E-state index in [4.69, 9.17) is 5.11 Å². The van der Waals surface area contributed by atoms with Crippen LogP contribution in [-0.4, -0.2) is 41.3 Å². The van der Waals surface area contributed by atoms with Crippen LogP contribution < -0.4 is 5.32 Å². The lowest BCUT2D eigenvalue weighted by Crippen LogP contribution is -2.55. The second-order valence-corrected chi connectivity index (χ2v) is 3.34. The number of carbonyl (C=O) groups is 1. The van der Waals surface area contributed by atoms with Crippen molar-refractivity contribution < 1.29 is 9.90 Å². The summed E-state index contributed by atoms with van der Waals surface area (Å²) in [4.78, 5) is 12.3. The van der Waals surface area contributed by atoms with Crippen LogP contribution in [0.3, 0.4) is 0 Å². The molecular formula is C7H12N2O2. The van der Waals surface area contributed by atoms with Gasteiger partial charge in [-0.05, 0) is 12.8 Å². The highest BCUT2D eigenvalue weighted by Crippen LogP contribution is 2.42. The summed E-state index contributed by atoms with van der Waals surface area (Å²) in [7, 11) is 0. The van der Waals surface area contributed by atoms with Gasteiger partial charge in [0.25, 0.3) is 0 Å². The molecule has 0 unspecified atom stereocenters. The van der Waals surface area contributed by atoms with Gasteiger partial charge >= 0.3 is 6.09 Å². The van der Waals surface area contributed by atoms with Gasteiger partial charge in [-0.15, -0.1) is 0 Å². The van der Waals surface area contributed by atoms with E-state index in [0.29, 0.717) is 6.54 Å². The van der Waals surface area contributed by atoms with Gasteiger partial charge in [0, 0.05) is 19.6 Å². The molecule has 1 aliphatic carbocycles. The molecule has 1 amide bonds. The Balaban J connectivity index is 2.10. The Morgan fingerprint density at radius 3 is 2.73 bits per heavy atom. The van der Waals surface area contributed by atoms with Crippen LogP contribution in [0.25, 0.3) is 0 Å². The van der Waals surface area contributed by atoms with Crippen LogP contribution in [-0.2, 0) is 0 Å². The first kappa shape index (κ1) is 6.91. The summed E-state index contributed by atoms with van der Waals surface area (Å²) in [5, 5.41) is 12.0. The second kappa shape index (κ2) is 2.11. The fourth-order valence-electron chi connectivity index (χ4n) is 1.73. The highest BCUT2D eigenvalue weighted by atomic mass is 16.4. The normalized spacial score (nSPS) is 27.1. The Bertz CT molecular complexity index is 189. The van der Waals surface area contributed by atoms with Crippen LogP contribution in [0.15, 0.2) is 0 Å². The Morgan fingerprint density at radius 1 is 1.55 bits per heavy atom. The van der Waals surface area contributed by atoms with E-state index in [2.05, 4.69) is 5.32 Å². The third kappa shape index (κ3) is 0.976. The zero-order valence-electron chi connectivity index (χ0n) is 6.34. The minimum absolute atomic E-state index is 0.00984. The van der Waals surface area contributed by atoms with Crippen LogP contribution >= 0.6 is 0 Å². The predicted octanol–water partition coefficient (Wildman–Crippen LogP) is 0.102. The molecule has 0 aromatic heterocycles. The largest absolute Gasteiger partial charge is 0.465 e. The maximum absolute atomic E-state index is 10.7. The minimum atomic E-state index is -0.760. The average molecular weight is 156 g/mol. The van der Waals surface area contributed by atoms with Gasteiger partial charge in [0.1, 0.15) is 0 Å². The number of amides is 1. The molecule has 2 N–H and O–H groups in total.